The second kappa shape index (κ2) is 9.31. The number of amides is 1. The van der Waals surface area contributed by atoms with Crippen molar-refractivity contribution in [2.24, 2.45) is 5.92 Å². The van der Waals surface area contributed by atoms with Gasteiger partial charge in [-0.1, -0.05) is 12.1 Å². The molecule has 8 heteroatoms. The van der Waals surface area contributed by atoms with Gasteiger partial charge in [-0.25, -0.2) is 9.97 Å². The summed E-state index contributed by atoms with van der Waals surface area (Å²) >= 11 is 1.71. The number of aryl methyl sites for hydroxylation is 2. The van der Waals surface area contributed by atoms with Gasteiger partial charge in [0.2, 0.25) is 5.91 Å². The summed E-state index contributed by atoms with van der Waals surface area (Å²) in [4.78, 5) is 26.3. The molecule has 0 spiro atoms. The van der Waals surface area contributed by atoms with E-state index in [2.05, 4.69) is 34.0 Å². The second-order valence-electron chi connectivity index (χ2n) is 7.73. The van der Waals surface area contributed by atoms with Crippen LogP contribution in [0.2, 0.25) is 0 Å². The average molecular weight is 436 g/mol. The lowest BCUT2D eigenvalue weighted by Gasteiger charge is -2.32. The first-order valence-electron chi connectivity index (χ1n) is 10.4. The van der Waals surface area contributed by atoms with Crippen molar-refractivity contribution in [2.75, 3.05) is 24.6 Å². The molecule has 0 atom stereocenters. The Morgan fingerprint density at radius 3 is 2.90 bits per heavy atom. The summed E-state index contributed by atoms with van der Waals surface area (Å²) in [7, 11) is 0. The molecule has 7 nitrogen and oxygen atoms in total. The molecule has 0 saturated carbocycles. The molecular weight excluding hydrogens is 410 g/mol. The van der Waals surface area contributed by atoms with Crippen LogP contribution >= 0.6 is 11.3 Å². The Balaban J connectivity index is 1.34. The number of hydrogen-bond acceptors (Lipinski definition) is 7. The van der Waals surface area contributed by atoms with E-state index in [1.54, 1.807) is 23.7 Å². The molecule has 1 aliphatic heterocycles. The van der Waals surface area contributed by atoms with E-state index in [9.17, 15) is 4.79 Å². The van der Waals surface area contributed by atoms with Gasteiger partial charge in [0, 0.05) is 30.4 Å². The zero-order valence-corrected chi connectivity index (χ0v) is 18.5. The minimum absolute atomic E-state index is 0.00286. The maximum Gasteiger partial charge on any atom is 0.223 e. The number of hydrogen-bond donors (Lipinski definition) is 1. The number of nitrogens with zero attached hydrogens (tertiary/aromatic N) is 4. The highest BCUT2D eigenvalue weighted by Gasteiger charge is 2.27. The zero-order chi connectivity index (χ0) is 21.8. The van der Waals surface area contributed by atoms with Gasteiger partial charge in [-0.15, -0.1) is 11.3 Å². The monoisotopic (exact) mass is 435 g/mol. The minimum Gasteiger partial charge on any atom is -0.479 e. The summed E-state index contributed by atoms with van der Waals surface area (Å²) in [6, 6.07) is 9.42. The SMILES string of the molecule is Cc1sc2ncnc(N3CCC(C(=O)NCc4cccc(OCC#N)c4)CC3)c2c1C. The van der Waals surface area contributed by atoms with E-state index in [4.69, 9.17) is 10.00 Å². The molecule has 1 aliphatic rings. The highest BCUT2D eigenvalue weighted by atomic mass is 32.1. The first-order chi connectivity index (χ1) is 15.1. The molecule has 0 unspecified atom stereocenters. The topological polar surface area (TPSA) is 91.1 Å². The van der Waals surface area contributed by atoms with Crippen molar-refractivity contribution in [3.05, 3.63) is 46.6 Å². The van der Waals surface area contributed by atoms with Gasteiger partial charge in [0.25, 0.3) is 0 Å². The predicted octanol–water partition coefficient (Wildman–Crippen LogP) is 3.74. The number of benzene rings is 1. The number of fused-ring (bicyclic) bond motifs is 1. The fourth-order valence-electron chi connectivity index (χ4n) is 3.95. The van der Waals surface area contributed by atoms with Crippen molar-refractivity contribution in [2.45, 2.75) is 33.2 Å². The Kier molecular flexibility index (Phi) is 6.33. The van der Waals surface area contributed by atoms with Gasteiger partial charge in [-0.05, 0) is 49.9 Å². The van der Waals surface area contributed by atoms with Crippen LogP contribution in [-0.2, 0) is 11.3 Å². The van der Waals surface area contributed by atoms with Crippen molar-refractivity contribution in [3.63, 3.8) is 0 Å². The molecule has 0 bridgehead atoms. The Morgan fingerprint density at radius 2 is 2.13 bits per heavy atom. The highest BCUT2D eigenvalue weighted by Crippen LogP contribution is 2.35. The minimum atomic E-state index is -0.00286. The van der Waals surface area contributed by atoms with Crippen LogP contribution in [-0.4, -0.2) is 35.6 Å². The number of thiophene rings is 1. The van der Waals surface area contributed by atoms with Gasteiger partial charge in [0.15, 0.2) is 6.61 Å². The van der Waals surface area contributed by atoms with Gasteiger partial charge in [0.1, 0.15) is 28.8 Å². The molecule has 1 fully saturated rings. The molecule has 1 aromatic carbocycles. The van der Waals surface area contributed by atoms with Crippen LogP contribution in [0.4, 0.5) is 5.82 Å². The van der Waals surface area contributed by atoms with E-state index in [0.29, 0.717) is 12.3 Å². The van der Waals surface area contributed by atoms with Gasteiger partial charge >= 0.3 is 0 Å². The number of nitrogens with one attached hydrogen (secondary N) is 1. The largest absolute Gasteiger partial charge is 0.479 e. The number of ether oxygens (including phenoxy) is 1. The Bertz CT molecular complexity index is 1130. The summed E-state index contributed by atoms with van der Waals surface area (Å²) in [5.74, 6) is 1.70. The number of carbonyl (C=O) groups is 1. The molecule has 2 aromatic heterocycles. The third kappa shape index (κ3) is 4.62. The second-order valence-corrected chi connectivity index (χ2v) is 8.94. The molecule has 31 heavy (non-hydrogen) atoms. The van der Waals surface area contributed by atoms with E-state index < -0.39 is 0 Å². The van der Waals surface area contributed by atoms with Gasteiger partial charge in [-0.3, -0.25) is 4.79 Å². The summed E-state index contributed by atoms with van der Waals surface area (Å²) in [6.07, 6.45) is 3.23. The molecular formula is C23H25N5O2S. The summed E-state index contributed by atoms with van der Waals surface area (Å²) in [5.41, 5.74) is 2.20. The molecule has 1 N–H and O–H groups in total. The fourth-order valence-corrected chi connectivity index (χ4v) is 4.94. The lowest BCUT2D eigenvalue weighted by molar-refractivity contribution is -0.125. The molecule has 3 aromatic rings. The van der Waals surface area contributed by atoms with Crippen molar-refractivity contribution in [1.82, 2.24) is 15.3 Å². The number of anilines is 1. The molecule has 1 saturated heterocycles. The molecule has 1 amide bonds. The van der Waals surface area contributed by atoms with Gasteiger partial charge in [-0.2, -0.15) is 5.26 Å². The Morgan fingerprint density at radius 1 is 1.32 bits per heavy atom. The normalized spacial score (nSPS) is 14.4. The predicted molar refractivity (Wildman–Crippen MR) is 121 cm³/mol. The van der Waals surface area contributed by atoms with Crippen molar-refractivity contribution in [1.29, 1.82) is 5.26 Å². The summed E-state index contributed by atoms with van der Waals surface area (Å²) < 4.78 is 5.32. The van der Waals surface area contributed by atoms with Crippen LogP contribution in [0, 0.1) is 31.1 Å². The number of carbonyl (C=O) groups excluding carboxylic acids is 1. The van der Waals surface area contributed by atoms with Crippen LogP contribution in [0.5, 0.6) is 5.75 Å². The first kappa shape index (κ1) is 21.1. The van der Waals surface area contributed by atoms with Crippen molar-refractivity contribution in [3.8, 4) is 11.8 Å². The van der Waals surface area contributed by atoms with Gasteiger partial charge in [0.05, 0.1) is 5.39 Å². The van der Waals surface area contributed by atoms with Crippen LogP contribution in [0.1, 0.15) is 28.8 Å². The third-order valence-corrected chi connectivity index (χ3v) is 6.89. The van der Waals surface area contributed by atoms with Crippen LogP contribution < -0.4 is 15.0 Å². The smallest absolute Gasteiger partial charge is 0.223 e. The quantitative estimate of drug-likeness (QED) is 0.634. The van der Waals surface area contributed by atoms with E-state index in [0.717, 1.165) is 47.5 Å². The maximum atomic E-state index is 12.7. The number of piperidine rings is 1. The van der Waals surface area contributed by atoms with Crippen molar-refractivity contribution < 1.29 is 9.53 Å². The Labute approximate surface area is 185 Å². The number of rotatable bonds is 6. The van der Waals surface area contributed by atoms with E-state index >= 15 is 0 Å². The lowest BCUT2D eigenvalue weighted by atomic mass is 9.95. The van der Waals surface area contributed by atoms with E-state index in [1.165, 1.54) is 10.4 Å². The lowest BCUT2D eigenvalue weighted by Crippen LogP contribution is -2.40. The van der Waals surface area contributed by atoms with Crippen molar-refractivity contribution >= 4 is 33.3 Å². The molecule has 3 heterocycles. The number of aromatic nitrogens is 2. The Hall–Kier alpha value is -3.18. The van der Waals surface area contributed by atoms with E-state index in [-0.39, 0.29) is 18.4 Å². The average Bonchev–Trinajstić information content (AvgIpc) is 3.10. The molecule has 4 rings (SSSR count). The molecule has 0 aliphatic carbocycles. The molecule has 0 radical (unpaired) electrons. The maximum absolute atomic E-state index is 12.7. The van der Waals surface area contributed by atoms with Crippen LogP contribution in [0.3, 0.4) is 0 Å². The zero-order valence-electron chi connectivity index (χ0n) is 17.7. The van der Waals surface area contributed by atoms with Gasteiger partial charge < -0.3 is 15.0 Å². The van der Waals surface area contributed by atoms with Crippen LogP contribution in [0.15, 0.2) is 30.6 Å². The standard InChI is InChI=1S/C23H25N5O2S/c1-15-16(2)31-23-20(15)21(26-14-27-23)28-9-6-18(7-10-28)22(29)25-13-17-4-3-5-19(12-17)30-11-8-24/h3-5,12,14,18H,6-7,9-11,13H2,1-2H3,(H,25,29). The van der Waals surface area contributed by atoms with E-state index in [1.807, 2.05) is 24.3 Å². The summed E-state index contributed by atoms with van der Waals surface area (Å²) in [5, 5.41) is 12.8. The fraction of sp³-hybridized carbons (Fsp3) is 0.391. The third-order valence-electron chi connectivity index (χ3n) is 5.78. The highest BCUT2D eigenvalue weighted by molar-refractivity contribution is 7.18. The molecule has 160 valence electrons. The van der Waals surface area contributed by atoms with Crippen LogP contribution in [0.25, 0.3) is 10.2 Å². The summed E-state index contributed by atoms with van der Waals surface area (Å²) in [6.45, 7) is 6.31. The number of nitriles is 1. The first-order valence-corrected chi connectivity index (χ1v) is 11.2.